The van der Waals surface area contributed by atoms with Gasteiger partial charge in [-0.2, -0.15) is 0 Å². The zero-order valence-corrected chi connectivity index (χ0v) is 22.7. The molecule has 0 bridgehead atoms. The van der Waals surface area contributed by atoms with Gasteiger partial charge in [-0.3, -0.25) is 4.98 Å². The van der Waals surface area contributed by atoms with Crippen molar-refractivity contribution in [2.45, 2.75) is 142 Å². The summed E-state index contributed by atoms with van der Waals surface area (Å²) in [6.07, 6.45) is 33.0. The minimum Gasteiger partial charge on any atom is -0.250 e. The molecule has 2 unspecified atom stereocenters. The molecule has 0 aliphatic heterocycles. The van der Waals surface area contributed by atoms with Gasteiger partial charge in [0.25, 0.3) is 0 Å². The summed E-state index contributed by atoms with van der Waals surface area (Å²) in [5.74, 6) is 0.715. The van der Waals surface area contributed by atoms with Gasteiger partial charge in [0, 0.05) is 5.92 Å². The van der Waals surface area contributed by atoms with Crippen molar-refractivity contribution in [1.82, 2.24) is 4.98 Å². The van der Waals surface area contributed by atoms with Gasteiger partial charge in [0.1, 0.15) is 18.4 Å². The Morgan fingerprint density at radius 1 is 0.647 bits per heavy atom. The maximum Gasteiger partial charge on any atom is 0.241 e. The predicted molar refractivity (Wildman–Crippen MR) is 148 cm³/mol. The van der Waals surface area contributed by atoms with Crippen molar-refractivity contribution >= 4 is 0 Å². The van der Waals surface area contributed by atoms with Gasteiger partial charge in [0.05, 0.1) is 0 Å². The zero-order chi connectivity index (χ0) is 24.1. The summed E-state index contributed by atoms with van der Waals surface area (Å²) in [4.78, 5) is 3.29. The highest BCUT2D eigenvalue weighted by Crippen LogP contribution is 2.28. The molecule has 0 aliphatic rings. The summed E-state index contributed by atoms with van der Waals surface area (Å²) in [5.41, 5.74) is 1.50. The second-order valence-electron chi connectivity index (χ2n) is 10.6. The molecule has 1 heterocycles. The largest absolute Gasteiger partial charge is 0.250 e. The summed E-state index contributed by atoms with van der Waals surface area (Å²) in [7, 11) is 0. The smallest absolute Gasteiger partial charge is 0.241 e. The Balaban J connectivity index is 1.66. The number of unbranched alkanes of at least 4 members (excludes halogenated alkanes) is 14. The number of aromatic amines is 1. The van der Waals surface area contributed by atoms with Crippen molar-refractivity contribution in [3.05, 3.63) is 54.6 Å². The topological polar surface area (TPSA) is 19.7 Å². The van der Waals surface area contributed by atoms with Crippen LogP contribution in [0.25, 0.3) is 0 Å². The van der Waals surface area contributed by atoms with Crippen molar-refractivity contribution in [2.75, 3.05) is 0 Å². The van der Waals surface area contributed by atoms with Gasteiger partial charge in [-0.25, -0.2) is 4.57 Å². The third-order valence-electron chi connectivity index (χ3n) is 7.62. The van der Waals surface area contributed by atoms with Crippen LogP contribution in [0.15, 0.2) is 49.1 Å². The second kappa shape index (κ2) is 19.7. The van der Waals surface area contributed by atoms with E-state index in [1.54, 1.807) is 0 Å². The van der Waals surface area contributed by atoms with E-state index in [9.17, 15) is 0 Å². The molecule has 2 aromatic rings. The van der Waals surface area contributed by atoms with E-state index in [2.05, 4.69) is 72.5 Å². The van der Waals surface area contributed by atoms with E-state index in [1.807, 2.05) is 0 Å². The van der Waals surface area contributed by atoms with Crippen molar-refractivity contribution in [1.29, 1.82) is 0 Å². The molecule has 0 aliphatic carbocycles. The highest BCUT2D eigenvalue weighted by molar-refractivity contribution is 5.15. The molecule has 2 rings (SSSR count). The summed E-state index contributed by atoms with van der Waals surface area (Å²) in [6.45, 7) is 4.62. The van der Waals surface area contributed by atoms with E-state index >= 15 is 0 Å². The van der Waals surface area contributed by atoms with E-state index in [0.29, 0.717) is 12.0 Å². The third kappa shape index (κ3) is 12.8. The van der Waals surface area contributed by atoms with Gasteiger partial charge >= 0.3 is 0 Å². The van der Waals surface area contributed by atoms with E-state index < -0.39 is 0 Å². The Labute approximate surface area is 212 Å². The summed E-state index contributed by atoms with van der Waals surface area (Å²) < 4.78 is 2.45. The highest BCUT2D eigenvalue weighted by atomic mass is 15.1. The first-order valence-electron chi connectivity index (χ1n) is 14.9. The summed E-state index contributed by atoms with van der Waals surface area (Å²) in [6, 6.07) is 11.8. The van der Waals surface area contributed by atoms with Crippen molar-refractivity contribution in [3.8, 4) is 0 Å². The van der Waals surface area contributed by atoms with Crippen LogP contribution in [0.5, 0.6) is 0 Å². The monoisotopic (exact) mass is 467 g/mol. The minimum absolute atomic E-state index is 0.605. The number of hydrogen-bond acceptors (Lipinski definition) is 0. The Morgan fingerprint density at radius 3 is 1.74 bits per heavy atom. The maximum atomic E-state index is 3.29. The molecule has 0 saturated carbocycles. The molecule has 1 aromatic carbocycles. The Kier molecular flexibility index (Phi) is 16.6. The summed E-state index contributed by atoms with van der Waals surface area (Å²) in [5, 5.41) is 0. The van der Waals surface area contributed by atoms with Crippen LogP contribution in [0.4, 0.5) is 0 Å². The fourth-order valence-corrected chi connectivity index (χ4v) is 5.50. The molecule has 0 amide bonds. The molecule has 0 spiro atoms. The van der Waals surface area contributed by atoms with Gasteiger partial charge in [-0.05, 0) is 31.2 Å². The van der Waals surface area contributed by atoms with Crippen molar-refractivity contribution in [2.24, 2.45) is 5.92 Å². The zero-order valence-electron chi connectivity index (χ0n) is 22.7. The standard InChI is InChI=1S/C32H54N2/c1-3-5-7-8-9-10-11-12-13-14-15-16-17-21-24-31(28-30-22-19-18-20-23-30)32(25-6-4-2)34-27-26-33-29-34/h18-20,22-23,26-27,29,31-32H,3-17,21,24-25,28H2,1-2H3/p+1. The number of aromatic nitrogens is 2. The molecule has 192 valence electrons. The van der Waals surface area contributed by atoms with E-state index in [4.69, 9.17) is 0 Å². The number of rotatable bonds is 22. The van der Waals surface area contributed by atoms with Gasteiger partial charge in [-0.15, -0.1) is 0 Å². The molecule has 0 saturated heterocycles. The number of nitrogens with zero attached hydrogens (tertiary/aromatic N) is 1. The van der Waals surface area contributed by atoms with Crippen LogP contribution in [-0.2, 0) is 6.42 Å². The first-order valence-corrected chi connectivity index (χ1v) is 14.9. The third-order valence-corrected chi connectivity index (χ3v) is 7.62. The quantitative estimate of drug-likeness (QED) is 0.131. The van der Waals surface area contributed by atoms with Gasteiger partial charge in [-0.1, -0.05) is 140 Å². The van der Waals surface area contributed by atoms with Crippen LogP contribution in [0.2, 0.25) is 0 Å². The van der Waals surface area contributed by atoms with Crippen LogP contribution >= 0.6 is 0 Å². The lowest BCUT2D eigenvalue weighted by Gasteiger charge is -2.25. The Bertz CT molecular complexity index is 664. The van der Waals surface area contributed by atoms with Crippen molar-refractivity contribution in [3.63, 3.8) is 0 Å². The van der Waals surface area contributed by atoms with Crippen LogP contribution in [-0.4, -0.2) is 4.98 Å². The first-order chi connectivity index (χ1) is 16.8. The number of H-pyrrole nitrogens is 1. The molecule has 1 N–H and O–H groups in total. The van der Waals surface area contributed by atoms with E-state index in [-0.39, 0.29) is 0 Å². The Morgan fingerprint density at radius 2 is 1.21 bits per heavy atom. The SMILES string of the molecule is CCCCCCCCCCCCCCCCC(Cc1ccccc1)C(CCCC)[n+]1cc[nH]c1. The molecule has 2 atom stereocenters. The summed E-state index contributed by atoms with van der Waals surface area (Å²) >= 11 is 0. The van der Waals surface area contributed by atoms with Gasteiger partial charge in [0.15, 0.2) is 0 Å². The first kappa shape index (κ1) is 28.7. The lowest BCUT2D eigenvalue weighted by atomic mass is 9.84. The fourth-order valence-electron chi connectivity index (χ4n) is 5.50. The second-order valence-corrected chi connectivity index (χ2v) is 10.6. The van der Waals surface area contributed by atoms with Gasteiger partial charge < -0.3 is 0 Å². The molecular formula is C32H55N2+. The molecule has 34 heavy (non-hydrogen) atoms. The average Bonchev–Trinajstić information content (AvgIpc) is 3.39. The number of imidazole rings is 1. The maximum absolute atomic E-state index is 3.29. The average molecular weight is 468 g/mol. The normalized spacial score (nSPS) is 13.2. The van der Waals surface area contributed by atoms with Crippen molar-refractivity contribution < 1.29 is 4.57 Å². The number of benzene rings is 1. The Hall–Kier alpha value is -1.57. The molecule has 0 fully saturated rings. The van der Waals surface area contributed by atoms with Crippen LogP contribution < -0.4 is 4.57 Å². The molecule has 1 aromatic heterocycles. The number of nitrogens with one attached hydrogen (secondary N) is 1. The molecule has 2 heteroatoms. The number of hydrogen-bond donors (Lipinski definition) is 1. The molecular weight excluding hydrogens is 412 g/mol. The minimum atomic E-state index is 0.605. The lowest BCUT2D eigenvalue weighted by molar-refractivity contribution is -0.730. The van der Waals surface area contributed by atoms with Crippen LogP contribution in [0, 0.1) is 5.92 Å². The van der Waals surface area contributed by atoms with Crippen LogP contribution in [0.1, 0.15) is 141 Å². The molecule has 0 radical (unpaired) electrons. The van der Waals surface area contributed by atoms with E-state index in [1.165, 1.54) is 128 Å². The molecule has 2 nitrogen and oxygen atoms in total. The van der Waals surface area contributed by atoms with Gasteiger partial charge in [0.2, 0.25) is 6.33 Å². The predicted octanol–water partition coefficient (Wildman–Crippen LogP) is 9.76. The fraction of sp³-hybridized carbons (Fsp3) is 0.719. The highest BCUT2D eigenvalue weighted by Gasteiger charge is 2.26. The van der Waals surface area contributed by atoms with E-state index in [0.717, 1.165) is 0 Å². The lowest BCUT2D eigenvalue weighted by Crippen LogP contribution is -2.42. The van der Waals surface area contributed by atoms with Crippen LogP contribution in [0.3, 0.4) is 0 Å².